The first-order chi connectivity index (χ1) is 9.13. The van der Waals surface area contributed by atoms with Gasteiger partial charge in [-0.2, -0.15) is 10.2 Å². The second-order valence-corrected chi connectivity index (χ2v) is 4.32. The van der Waals surface area contributed by atoms with E-state index in [1.807, 2.05) is 6.07 Å². The summed E-state index contributed by atoms with van der Waals surface area (Å²) in [5.41, 5.74) is 2.92. The molecular weight excluding hydrogens is 315 g/mol. The summed E-state index contributed by atoms with van der Waals surface area (Å²) in [6.07, 6.45) is 1.50. The predicted octanol–water partition coefficient (Wildman–Crippen LogP) is 2.28. The first kappa shape index (κ1) is 13.2. The van der Waals surface area contributed by atoms with E-state index in [4.69, 9.17) is 11.1 Å². The smallest absolute Gasteiger partial charge is 0.239 e. The van der Waals surface area contributed by atoms with Crippen molar-refractivity contribution in [1.29, 1.82) is 5.26 Å². The fourth-order valence-corrected chi connectivity index (χ4v) is 1.66. The van der Waals surface area contributed by atoms with Crippen LogP contribution in [0, 0.1) is 17.1 Å². The molecule has 0 aliphatic heterocycles. The highest BCUT2D eigenvalue weighted by atomic mass is 79.9. The number of anilines is 3. The minimum Gasteiger partial charge on any atom is -0.338 e. The highest BCUT2D eigenvalue weighted by molar-refractivity contribution is 9.10. The van der Waals surface area contributed by atoms with Crippen molar-refractivity contribution in [3.8, 4) is 6.07 Å². The van der Waals surface area contributed by atoms with E-state index in [9.17, 15) is 4.39 Å². The normalized spacial score (nSPS) is 9.79. The number of benzene rings is 1. The third-order valence-corrected chi connectivity index (χ3v) is 2.81. The molecule has 0 radical (unpaired) electrons. The van der Waals surface area contributed by atoms with Crippen LogP contribution < -0.4 is 16.6 Å². The topological polar surface area (TPSA) is 99.7 Å². The fourth-order valence-electron chi connectivity index (χ4n) is 1.37. The van der Waals surface area contributed by atoms with Gasteiger partial charge in [-0.3, -0.25) is 5.43 Å². The molecule has 96 valence electrons. The van der Waals surface area contributed by atoms with Crippen LogP contribution in [0.1, 0.15) is 5.56 Å². The molecule has 0 aliphatic carbocycles. The van der Waals surface area contributed by atoms with Gasteiger partial charge in [-0.25, -0.2) is 15.2 Å². The minimum atomic E-state index is -0.479. The molecular formula is C11H8BrFN6. The highest BCUT2D eigenvalue weighted by Crippen LogP contribution is 2.26. The van der Waals surface area contributed by atoms with Crippen LogP contribution in [0.3, 0.4) is 0 Å². The van der Waals surface area contributed by atoms with Crippen molar-refractivity contribution in [3.05, 3.63) is 40.2 Å². The van der Waals surface area contributed by atoms with Gasteiger partial charge in [0.2, 0.25) is 5.95 Å². The lowest BCUT2D eigenvalue weighted by Crippen LogP contribution is -2.11. The van der Waals surface area contributed by atoms with E-state index in [1.165, 1.54) is 18.3 Å². The molecule has 1 aromatic carbocycles. The van der Waals surface area contributed by atoms with Gasteiger partial charge in [0.25, 0.3) is 0 Å². The third kappa shape index (κ3) is 2.96. The standard InChI is InChI=1S/C11H8BrFN6/c12-8-5-16-11(19-15)18-10(8)17-9-2-1-7(13)3-6(9)4-14/h1-3,5H,15H2,(H2,16,17,18,19). The van der Waals surface area contributed by atoms with Crippen molar-refractivity contribution < 1.29 is 4.39 Å². The fraction of sp³-hybridized carbons (Fsp3) is 0. The number of rotatable bonds is 3. The Balaban J connectivity index is 2.39. The maximum Gasteiger partial charge on any atom is 0.239 e. The van der Waals surface area contributed by atoms with Crippen molar-refractivity contribution in [2.24, 2.45) is 5.84 Å². The van der Waals surface area contributed by atoms with Crippen LogP contribution in [-0.4, -0.2) is 9.97 Å². The average Bonchev–Trinajstić information content (AvgIpc) is 2.43. The van der Waals surface area contributed by atoms with E-state index in [0.717, 1.165) is 6.07 Å². The van der Waals surface area contributed by atoms with Gasteiger partial charge >= 0.3 is 0 Å². The predicted molar refractivity (Wildman–Crippen MR) is 71.9 cm³/mol. The Hall–Kier alpha value is -2.24. The summed E-state index contributed by atoms with van der Waals surface area (Å²) in [7, 11) is 0. The molecule has 8 heteroatoms. The number of nitrogen functional groups attached to an aromatic ring is 1. The summed E-state index contributed by atoms with van der Waals surface area (Å²) in [6, 6.07) is 5.75. The number of nitrogens with two attached hydrogens (primary N) is 1. The second-order valence-electron chi connectivity index (χ2n) is 3.46. The van der Waals surface area contributed by atoms with Crippen LogP contribution in [-0.2, 0) is 0 Å². The van der Waals surface area contributed by atoms with Crippen LogP contribution >= 0.6 is 15.9 Å². The number of nitriles is 1. The molecule has 2 rings (SSSR count). The molecule has 0 aliphatic rings. The zero-order valence-corrected chi connectivity index (χ0v) is 11.1. The van der Waals surface area contributed by atoms with Gasteiger partial charge in [-0.05, 0) is 34.1 Å². The van der Waals surface area contributed by atoms with Crippen molar-refractivity contribution in [3.63, 3.8) is 0 Å². The monoisotopic (exact) mass is 322 g/mol. The number of hydrazine groups is 1. The number of hydrogen-bond donors (Lipinski definition) is 3. The quantitative estimate of drug-likeness (QED) is 0.592. The Labute approximate surface area is 116 Å². The van der Waals surface area contributed by atoms with Gasteiger partial charge in [0.1, 0.15) is 17.7 Å². The summed E-state index contributed by atoms with van der Waals surface area (Å²) in [5, 5.41) is 11.9. The number of nitrogens with one attached hydrogen (secondary N) is 2. The zero-order chi connectivity index (χ0) is 13.8. The SMILES string of the molecule is N#Cc1cc(F)ccc1Nc1nc(NN)ncc1Br. The van der Waals surface area contributed by atoms with Crippen molar-refractivity contribution in [2.45, 2.75) is 0 Å². The van der Waals surface area contributed by atoms with Gasteiger partial charge in [0.05, 0.1) is 15.7 Å². The van der Waals surface area contributed by atoms with Crippen LogP contribution in [0.5, 0.6) is 0 Å². The van der Waals surface area contributed by atoms with E-state index in [0.29, 0.717) is 16.0 Å². The van der Waals surface area contributed by atoms with Crippen molar-refractivity contribution in [2.75, 3.05) is 10.7 Å². The second kappa shape index (κ2) is 5.60. The van der Waals surface area contributed by atoms with E-state index >= 15 is 0 Å². The van der Waals surface area contributed by atoms with Gasteiger partial charge in [-0.15, -0.1) is 0 Å². The average molecular weight is 323 g/mol. The first-order valence-corrected chi connectivity index (χ1v) is 5.89. The molecule has 0 amide bonds. The Morgan fingerprint density at radius 1 is 1.42 bits per heavy atom. The molecule has 0 atom stereocenters. The van der Waals surface area contributed by atoms with Crippen LogP contribution in [0.4, 0.5) is 21.8 Å². The van der Waals surface area contributed by atoms with Gasteiger partial charge in [0.15, 0.2) is 0 Å². The molecule has 4 N–H and O–H groups in total. The van der Waals surface area contributed by atoms with Gasteiger partial charge in [-0.1, -0.05) is 0 Å². The Kier molecular flexibility index (Phi) is 3.89. The molecule has 0 unspecified atom stereocenters. The first-order valence-electron chi connectivity index (χ1n) is 5.10. The molecule has 2 aromatic rings. The van der Waals surface area contributed by atoms with Gasteiger partial charge in [0, 0.05) is 6.20 Å². The van der Waals surface area contributed by atoms with E-state index in [-0.39, 0.29) is 11.5 Å². The van der Waals surface area contributed by atoms with Crippen molar-refractivity contribution in [1.82, 2.24) is 9.97 Å². The minimum absolute atomic E-state index is 0.174. The molecule has 1 aromatic heterocycles. The molecule has 0 saturated heterocycles. The van der Waals surface area contributed by atoms with Crippen LogP contribution in [0.25, 0.3) is 0 Å². The van der Waals surface area contributed by atoms with Crippen LogP contribution in [0.15, 0.2) is 28.9 Å². The lowest BCUT2D eigenvalue weighted by Gasteiger charge is -2.10. The summed E-state index contributed by atoms with van der Waals surface area (Å²) >= 11 is 3.26. The van der Waals surface area contributed by atoms with E-state index in [2.05, 4.69) is 36.6 Å². The van der Waals surface area contributed by atoms with Crippen molar-refractivity contribution >= 4 is 33.4 Å². The summed E-state index contributed by atoms with van der Waals surface area (Å²) < 4.78 is 13.6. The molecule has 0 spiro atoms. The lowest BCUT2D eigenvalue weighted by molar-refractivity contribution is 0.627. The Morgan fingerprint density at radius 3 is 2.89 bits per heavy atom. The summed E-state index contributed by atoms with van der Waals surface area (Å²) in [5.74, 6) is 5.36. The third-order valence-electron chi connectivity index (χ3n) is 2.23. The number of nitrogens with zero attached hydrogens (tertiary/aromatic N) is 3. The van der Waals surface area contributed by atoms with Crippen LogP contribution in [0.2, 0.25) is 0 Å². The molecule has 19 heavy (non-hydrogen) atoms. The zero-order valence-electron chi connectivity index (χ0n) is 9.48. The maximum atomic E-state index is 13.0. The number of aromatic nitrogens is 2. The number of halogens is 2. The van der Waals surface area contributed by atoms with E-state index in [1.54, 1.807) is 0 Å². The highest BCUT2D eigenvalue weighted by Gasteiger charge is 2.08. The molecule has 6 nitrogen and oxygen atoms in total. The molecule has 1 heterocycles. The largest absolute Gasteiger partial charge is 0.338 e. The van der Waals surface area contributed by atoms with Gasteiger partial charge < -0.3 is 5.32 Å². The lowest BCUT2D eigenvalue weighted by atomic mass is 10.2. The molecule has 0 saturated carbocycles. The molecule has 0 fully saturated rings. The van der Waals surface area contributed by atoms with E-state index < -0.39 is 5.82 Å². The maximum absolute atomic E-state index is 13.0. The Bertz CT molecular complexity index is 654. The molecule has 0 bridgehead atoms. The summed E-state index contributed by atoms with van der Waals surface area (Å²) in [6.45, 7) is 0. The number of hydrogen-bond acceptors (Lipinski definition) is 6. The Morgan fingerprint density at radius 2 is 2.21 bits per heavy atom. The summed E-state index contributed by atoms with van der Waals surface area (Å²) in [4.78, 5) is 7.97.